The van der Waals surface area contributed by atoms with E-state index in [1.54, 1.807) is 12.5 Å². The molecule has 0 aromatic carbocycles. The third-order valence-electron chi connectivity index (χ3n) is 1.20. The van der Waals surface area contributed by atoms with Crippen molar-refractivity contribution >= 4 is 0 Å². The van der Waals surface area contributed by atoms with Crippen molar-refractivity contribution in [3.05, 3.63) is 24.3 Å². The first-order valence-electron chi connectivity index (χ1n) is 3.06. The van der Waals surface area contributed by atoms with Crippen LogP contribution < -0.4 is 0 Å². The molecule has 0 bridgehead atoms. The summed E-state index contributed by atoms with van der Waals surface area (Å²) in [5.74, 6) is 0.507. The zero-order valence-corrected chi connectivity index (χ0v) is 6.20. The lowest BCUT2D eigenvalue weighted by Crippen LogP contribution is -1.90. The Morgan fingerprint density at radius 3 is 2.40 bits per heavy atom. The Kier molecular flexibility index (Phi) is 3.57. The minimum Gasteiger partial charge on any atom is -0.412 e. The van der Waals surface area contributed by atoms with E-state index in [0.717, 1.165) is 5.69 Å². The van der Waals surface area contributed by atoms with E-state index < -0.39 is 0 Å². The van der Waals surface area contributed by atoms with Crippen LogP contribution in [0.3, 0.4) is 0 Å². The Morgan fingerprint density at radius 1 is 1.40 bits per heavy atom. The summed E-state index contributed by atoms with van der Waals surface area (Å²) in [6, 6.07) is 1.94. The van der Waals surface area contributed by atoms with Gasteiger partial charge in [-0.2, -0.15) is 0 Å². The molecule has 0 atom stereocenters. The van der Waals surface area contributed by atoms with Crippen LogP contribution in [0.5, 0.6) is 0 Å². The van der Waals surface area contributed by atoms with Crippen molar-refractivity contribution in [1.82, 2.24) is 9.97 Å². The number of nitrogens with zero attached hydrogens (tertiary/aromatic N) is 2. The molecule has 0 spiro atoms. The summed E-state index contributed by atoms with van der Waals surface area (Å²) >= 11 is 0. The summed E-state index contributed by atoms with van der Waals surface area (Å²) in [7, 11) is 0. The second-order valence-corrected chi connectivity index (χ2v) is 2.29. The molecule has 0 saturated carbocycles. The minimum absolute atomic E-state index is 0. The molecule has 1 heterocycles. The molecule has 0 saturated heterocycles. The van der Waals surface area contributed by atoms with Crippen LogP contribution in [0, 0.1) is 0 Å². The maximum atomic E-state index is 4.07. The van der Waals surface area contributed by atoms with Crippen molar-refractivity contribution in [2.45, 2.75) is 19.8 Å². The third kappa shape index (κ3) is 2.11. The predicted octanol–water partition coefficient (Wildman–Crippen LogP) is 0.775. The van der Waals surface area contributed by atoms with E-state index in [0.29, 0.717) is 5.92 Å². The molecule has 0 aliphatic carbocycles. The molecular formula is C7H12N2O. The van der Waals surface area contributed by atoms with Crippen molar-refractivity contribution in [3.63, 3.8) is 0 Å². The van der Waals surface area contributed by atoms with Crippen molar-refractivity contribution in [2.24, 2.45) is 0 Å². The van der Waals surface area contributed by atoms with Crippen LogP contribution in [0.15, 0.2) is 18.6 Å². The number of hydrogen-bond donors (Lipinski definition) is 0. The zero-order chi connectivity index (χ0) is 6.69. The maximum absolute atomic E-state index is 4.07. The van der Waals surface area contributed by atoms with Crippen LogP contribution in [-0.4, -0.2) is 15.4 Å². The smallest absolute Gasteiger partial charge is 0.115 e. The first kappa shape index (κ1) is 9.04. The summed E-state index contributed by atoms with van der Waals surface area (Å²) in [6.45, 7) is 4.23. The van der Waals surface area contributed by atoms with Gasteiger partial charge in [-0.15, -0.1) is 0 Å². The SMILES string of the molecule is CC(C)c1ccncn1.O. The molecule has 0 unspecified atom stereocenters. The number of hydrogen-bond acceptors (Lipinski definition) is 2. The van der Waals surface area contributed by atoms with Crippen molar-refractivity contribution in [3.8, 4) is 0 Å². The molecule has 1 rings (SSSR count). The number of rotatable bonds is 1. The van der Waals surface area contributed by atoms with E-state index in [9.17, 15) is 0 Å². The lowest BCUT2D eigenvalue weighted by molar-refractivity contribution is 0.814. The summed E-state index contributed by atoms with van der Waals surface area (Å²) in [6.07, 6.45) is 3.34. The van der Waals surface area contributed by atoms with Crippen LogP contribution in [0.2, 0.25) is 0 Å². The molecular weight excluding hydrogens is 128 g/mol. The van der Waals surface area contributed by atoms with Crippen LogP contribution >= 0.6 is 0 Å². The van der Waals surface area contributed by atoms with Gasteiger partial charge >= 0.3 is 0 Å². The maximum Gasteiger partial charge on any atom is 0.115 e. The molecule has 0 fully saturated rings. The molecule has 56 valence electrons. The van der Waals surface area contributed by atoms with Gasteiger partial charge in [0.25, 0.3) is 0 Å². The molecule has 3 heteroatoms. The van der Waals surface area contributed by atoms with E-state index in [1.807, 2.05) is 6.07 Å². The van der Waals surface area contributed by atoms with Gasteiger partial charge in [-0.25, -0.2) is 9.97 Å². The molecule has 0 aliphatic rings. The Hall–Kier alpha value is -0.960. The fourth-order valence-corrected chi connectivity index (χ4v) is 0.642. The highest BCUT2D eigenvalue weighted by Crippen LogP contribution is 2.07. The minimum atomic E-state index is 0. The Labute approximate surface area is 60.4 Å². The summed E-state index contributed by atoms with van der Waals surface area (Å²) in [5.41, 5.74) is 1.10. The average molecular weight is 140 g/mol. The molecule has 2 N–H and O–H groups in total. The van der Waals surface area contributed by atoms with Gasteiger partial charge in [-0.1, -0.05) is 13.8 Å². The topological polar surface area (TPSA) is 57.3 Å². The van der Waals surface area contributed by atoms with Gasteiger partial charge in [0, 0.05) is 11.9 Å². The van der Waals surface area contributed by atoms with E-state index in [-0.39, 0.29) is 5.48 Å². The van der Waals surface area contributed by atoms with E-state index >= 15 is 0 Å². The molecule has 0 radical (unpaired) electrons. The first-order chi connectivity index (χ1) is 4.30. The molecule has 0 aliphatic heterocycles. The first-order valence-corrected chi connectivity index (χ1v) is 3.06. The van der Waals surface area contributed by atoms with Crippen LogP contribution in [0.25, 0.3) is 0 Å². The quantitative estimate of drug-likeness (QED) is 0.578. The lowest BCUT2D eigenvalue weighted by Gasteiger charge is -1.99. The molecule has 1 aromatic heterocycles. The summed E-state index contributed by atoms with van der Waals surface area (Å²) in [4.78, 5) is 7.88. The largest absolute Gasteiger partial charge is 0.412 e. The molecule has 0 amide bonds. The zero-order valence-electron chi connectivity index (χ0n) is 6.20. The highest BCUT2D eigenvalue weighted by atomic mass is 16.0. The van der Waals surface area contributed by atoms with E-state index in [2.05, 4.69) is 23.8 Å². The van der Waals surface area contributed by atoms with E-state index in [1.165, 1.54) is 0 Å². The number of aromatic nitrogens is 2. The van der Waals surface area contributed by atoms with Crippen molar-refractivity contribution in [2.75, 3.05) is 0 Å². The van der Waals surface area contributed by atoms with Gasteiger partial charge in [0.2, 0.25) is 0 Å². The second-order valence-electron chi connectivity index (χ2n) is 2.29. The lowest BCUT2D eigenvalue weighted by atomic mass is 10.1. The van der Waals surface area contributed by atoms with Crippen molar-refractivity contribution in [1.29, 1.82) is 0 Å². The molecule has 3 nitrogen and oxygen atoms in total. The Bertz CT molecular complexity index is 174. The third-order valence-corrected chi connectivity index (χ3v) is 1.20. The van der Waals surface area contributed by atoms with Crippen LogP contribution in [0.1, 0.15) is 25.5 Å². The van der Waals surface area contributed by atoms with Crippen LogP contribution in [0.4, 0.5) is 0 Å². The summed E-state index contributed by atoms with van der Waals surface area (Å²) in [5, 5.41) is 0. The van der Waals surface area contributed by atoms with Crippen LogP contribution in [-0.2, 0) is 0 Å². The standard InChI is InChI=1S/C7H10N2.H2O/c1-6(2)7-3-4-8-5-9-7;/h3-6H,1-2H3;1H2. The fourth-order valence-electron chi connectivity index (χ4n) is 0.642. The highest BCUT2D eigenvalue weighted by molar-refractivity contribution is 5.02. The average Bonchev–Trinajstić information content (AvgIpc) is 1.90. The Morgan fingerprint density at radius 2 is 2.10 bits per heavy atom. The highest BCUT2D eigenvalue weighted by Gasteiger charge is 1.95. The predicted molar refractivity (Wildman–Crippen MR) is 39.7 cm³/mol. The fraction of sp³-hybridized carbons (Fsp3) is 0.429. The molecule has 10 heavy (non-hydrogen) atoms. The van der Waals surface area contributed by atoms with Gasteiger partial charge in [0.15, 0.2) is 0 Å². The van der Waals surface area contributed by atoms with Gasteiger partial charge in [0.1, 0.15) is 6.33 Å². The summed E-state index contributed by atoms with van der Waals surface area (Å²) < 4.78 is 0. The second kappa shape index (κ2) is 3.95. The normalized spacial score (nSPS) is 9.10. The molecule has 1 aromatic rings. The Balaban J connectivity index is 0.000000810. The van der Waals surface area contributed by atoms with Crippen molar-refractivity contribution < 1.29 is 5.48 Å². The van der Waals surface area contributed by atoms with Gasteiger partial charge in [-0.3, -0.25) is 0 Å². The van der Waals surface area contributed by atoms with Gasteiger partial charge < -0.3 is 5.48 Å². The monoisotopic (exact) mass is 140 g/mol. The van der Waals surface area contributed by atoms with Gasteiger partial charge in [-0.05, 0) is 12.0 Å². The van der Waals surface area contributed by atoms with E-state index in [4.69, 9.17) is 0 Å². The van der Waals surface area contributed by atoms with Gasteiger partial charge in [0.05, 0.1) is 0 Å².